The van der Waals surface area contributed by atoms with Crippen molar-refractivity contribution in [3.63, 3.8) is 0 Å². The first-order valence-corrected chi connectivity index (χ1v) is 4.22. The second-order valence-electron chi connectivity index (χ2n) is 3.01. The van der Waals surface area contributed by atoms with Crippen molar-refractivity contribution < 1.29 is 14.7 Å². The molecule has 0 aliphatic rings. The number of carboxylic acids is 1. The van der Waals surface area contributed by atoms with Gasteiger partial charge in [0.15, 0.2) is 5.66 Å². The van der Waals surface area contributed by atoms with Gasteiger partial charge in [-0.1, -0.05) is 0 Å². The molecule has 0 saturated heterocycles. The Hall–Kier alpha value is -1.34. The third-order valence-corrected chi connectivity index (χ3v) is 1.75. The molecule has 0 rings (SSSR count). The predicted octanol–water partition coefficient (Wildman–Crippen LogP) is -1.48. The van der Waals surface area contributed by atoms with Crippen LogP contribution in [0.3, 0.4) is 0 Å². The molecule has 14 heavy (non-hydrogen) atoms. The number of urea groups is 1. The van der Waals surface area contributed by atoms with Crippen molar-refractivity contribution in [2.45, 2.75) is 24.9 Å². The maximum atomic E-state index is 10.7. The van der Waals surface area contributed by atoms with Crippen molar-refractivity contribution in [2.24, 2.45) is 17.2 Å². The Labute approximate surface area is 81.6 Å². The van der Waals surface area contributed by atoms with Crippen LogP contribution in [0, 0.1) is 0 Å². The van der Waals surface area contributed by atoms with Crippen molar-refractivity contribution in [3.05, 3.63) is 0 Å². The Kier molecular flexibility index (Phi) is 4.89. The fourth-order valence-electron chi connectivity index (χ4n) is 0.991. The molecule has 1 atom stereocenters. The van der Waals surface area contributed by atoms with Gasteiger partial charge in [0.1, 0.15) is 0 Å². The summed E-state index contributed by atoms with van der Waals surface area (Å²) in [5.41, 5.74) is 13.7. The highest BCUT2D eigenvalue weighted by Crippen LogP contribution is 2.08. The van der Waals surface area contributed by atoms with Crippen LogP contribution in [0.4, 0.5) is 4.79 Å². The minimum atomic E-state index is -1.79. The Balaban J connectivity index is 4.24. The minimum absolute atomic E-state index is 0.0997. The number of aliphatic carboxylic acids is 1. The molecule has 7 heteroatoms. The van der Waals surface area contributed by atoms with Crippen LogP contribution in [0.5, 0.6) is 0 Å². The summed E-state index contributed by atoms with van der Waals surface area (Å²) in [6, 6.07) is -0.956. The average molecular weight is 204 g/mol. The van der Waals surface area contributed by atoms with Crippen molar-refractivity contribution in [1.82, 2.24) is 5.32 Å². The van der Waals surface area contributed by atoms with E-state index >= 15 is 0 Å². The van der Waals surface area contributed by atoms with E-state index in [9.17, 15) is 9.59 Å². The van der Waals surface area contributed by atoms with Gasteiger partial charge in [-0.25, -0.2) is 9.59 Å². The number of nitrogens with two attached hydrogens (primary N) is 3. The zero-order valence-corrected chi connectivity index (χ0v) is 7.82. The van der Waals surface area contributed by atoms with E-state index < -0.39 is 17.7 Å². The molecule has 2 amide bonds. The van der Waals surface area contributed by atoms with Gasteiger partial charge < -0.3 is 21.9 Å². The second-order valence-corrected chi connectivity index (χ2v) is 3.01. The molecular weight excluding hydrogens is 188 g/mol. The van der Waals surface area contributed by atoms with Crippen molar-refractivity contribution in [3.8, 4) is 0 Å². The summed E-state index contributed by atoms with van der Waals surface area (Å²) in [5.74, 6) is -1.31. The molecule has 0 aliphatic heterocycles. The molecule has 1 unspecified atom stereocenters. The van der Waals surface area contributed by atoms with Gasteiger partial charge in [-0.15, -0.1) is 0 Å². The number of carbonyl (C=O) groups is 2. The molecule has 7 nitrogen and oxygen atoms in total. The van der Waals surface area contributed by atoms with Gasteiger partial charge >= 0.3 is 12.0 Å². The molecule has 0 aromatic carbocycles. The first-order chi connectivity index (χ1) is 6.42. The third-order valence-electron chi connectivity index (χ3n) is 1.75. The quantitative estimate of drug-likeness (QED) is 0.265. The zero-order chi connectivity index (χ0) is 11.2. The Morgan fingerprint density at radius 1 is 1.36 bits per heavy atom. The molecule has 0 spiro atoms. The number of carboxylic acid groups (broad SMARTS) is 1. The van der Waals surface area contributed by atoms with E-state index in [1.807, 2.05) is 5.32 Å². The second kappa shape index (κ2) is 5.40. The number of rotatable bonds is 6. The third kappa shape index (κ3) is 4.06. The fourth-order valence-corrected chi connectivity index (χ4v) is 0.991. The first kappa shape index (κ1) is 12.7. The van der Waals surface area contributed by atoms with Crippen molar-refractivity contribution in [1.29, 1.82) is 0 Å². The lowest BCUT2D eigenvalue weighted by molar-refractivity contribution is -0.144. The normalized spacial score (nSPS) is 14.4. The number of hydrogen-bond donors (Lipinski definition) is 5. The SMILES string of the molecule is NCCCCC(N)(NC(N)=O)C(=O)O. The maximum absolute atomic E-state index is 10.7. The van der Waals surface area contributed by atoms with Gasteiger partial charge in [0.2, 0.25) is 0 Å². The van der Waals surface area contributed by atoms with Crippen molar-refractivity contribution >= 4 is 12.0 Å². The lowest BCUT2D eigenvalue weighted by atomic mass is 10.0. The van der Waals surface area contributed by atoms with Gasteiger partial charge in [0.25, 0.3) is 0 Å². The van der Waals surface area contributed by atoms with E-state index in [-0.39, 0.29) is 6.42 Å². The Morgan fingerprint density at radius 3 is 2.29 bits per heavy atom. The lowest BCUT2D eigenvalue weighted by Gasteiger charge is -2.24. The molecule has 0 aromatic rings. The summed E-state index contributed by atoms with van der Waals surface area (Å²) in [7, 11) is 0. The average Bonchev–Trinajstić information content (AvgIpc) is 2.03. The molecular formula is C7H16N4O3. The number of amides is 2. The molecule has 0 aliphatic carbocycles. The largest absolute Gasteiger partial charge is 0.478 e. The molecule has 0 saturated carbocycles. The van der Waals surface area contributed by atoms with Crippen LogP contribution >= 0.6 is 0 Å². The van der Waals surface area contributed by atoms with Gasteiger partial charge in [0, 0.05) is 0 Å². The highest BCUT2D eigenvalue weighted by Gasteiger charge is 2.34. The molecule has 0 heterocycles. The van der Waals surface area contributed by atoms with Crippen LogP contribution in [-0.2, 0) is 4.79 Å². The predicted molar refractivity (Wildman–Crippen MR) is 50.2 cm³/mol. The van der Waals surface area contributed by atoms with E-state index in [0.29, 0.717) is 19.4 Å². The van der Waals surface area contributed by atoms with Crippen LogP contribution in [0.15, 0.2) is 0 Å². The summed E-state index contributed by atoms with van der Waals surface area (Å²) in [4.78, 5) is 21.2. The van der Waals surface area contributed by atoms with Gasteiger partial charge in [-0.3, -0.25) is 5.73 Å². The van der Waals surface area contributed by atoms with E-state index in [4.69, 9.17) is 22.3 Å². The smallest absolute Gasteiger partial charge is 0.344 e. The molecule has 0 radical (unpaired) electrons. The monoisotopic (exact) mass is 204 g/mol. The summed E-state index contributed by atoms with van der Waals surface area (Å²) in [6.07, 6.45) is 1.26. The van der Waals surface area contributed by atoms with Crippen LogP contribution in [0.25, 0.3) is 0 Å². The van der Waals surface area contributed by atoms with E-state index in [1.165, 1.54) is 0 Å². The van der Waals surface area contributed by atoms with E-state index in [0.717, 1.165) is 0 Å². The molecule has 0 fully saturated rings. The molecule has 0 bridgehead atoms. The Morgan fingerprint density at radius 2 is 1.93 bits per heavy atom. The fraction of sp³-hybridized carbons (Fsp3) is 0.714. The topological polar surface area (TPSA) is 144 Å². The number of primary amides is 1. The molecule has 8 N–H and O–H groups in total. The van der Waals surface area contributed by atoms with Crippen molar-refractivity contribution in [2.75, 3.05) is 6.54 Å². The number of carbonyl (C=O) groups excluding carboxylic acids is 1. The summed E-state index contributed by atoms with van der Waals surface area (Å²) < 4.78 is 0. The summed E-state index contributed by atoms with van der Waals surface area (Å²) in [5, 5.41) is 10.7. The van der Waals surface area contributed by atoms with Crippen LogP contribution < -0.4 is 22.5 Å². The van der Waals surface area contributed by atoms with Crippen LogP contribution in [0.1, 0.15) is 19.3 Å². The summed E-state index contributed by atoms with van der Waals surface area (Å²) in [6.45, 7) is 0.451. The highest BCUT2D eigenvalue weighted by molar-refractivity contribution is 5.84. The number of hydrogen-bond acceptors (Lipinski definition) is 4. The van der Waals surface area contributed by atoms with Gasteiger partial charge in [-0.2, -0.15) is 0 Å². The van der Waals surface area contributed by atoms with E-state index in [2.05, 4.69) is 0 Å². The summed E-state index contributed by atoms with van der Waals surface area (Å²) >= 11 is 0. The Bertz CT molecular complexity index is 221. The highest BCUT2D eigenvalue weighted by atomic mass is 16.4. The zero-order valence-electron chi connectivity index (χ0n) is 7.82. The van der Waals surface area contributed by atoms with Crippen LogP contribution in [0.2, 0.25) is 0 Å². The van der Waals surface area contributed by atoms with Gasteiger partial charge in [0.05, 0.1) is 0 Å². The maximum Gasteiger partial charge on any atom is 0.344 e. The lowest BCUT2D eigenvalue weighted by Crippen LogP contribution is -2.62. The molecule has 82 valence electrons. The minimum Gasteiger partial charge on any atom is -0.478 e. The number of unbranched alkanes of at least 4 members (excludes halogenated alkanes) is 1. The first-order valence-electron chi connectivity index (χ1n) is 4.22. The van der Waals surface area contributed by atoms with Gasteiger partial charge in [-0.05, 0) is 25.8 Å². The number of nitrogens with one attached hydrogen (secondary N) is 1. The standard InChI is InChI=1S/C7H16N4O3/c8-4-2-1-3-7(10,5(12)13)11-6(9)14/h1-4,8,10H2,(H,12,13)(H3,9,11,14). The molecule has 0 aromatic heterocycles. The van der Waals surface area contributed by atoms with E-state index in [1.54, 1.807) is 0 Å². The van der Waals surface area contributed by atoms with Crippen LogP contribution in [-0.4, -0.2) is 29.3 Å².